The van der Waals surface area contributed by atoms with Crippen LogP contribution in [0.5, 0.6) is 0 Å². The molecule has 0 aromatic heterocycles. The summed E-state index contributed by atoms with van der Waals surface area (Å²) in [5.74, 6) is 0.715. The Morgan fingerprint density at radius 1 is 0.854 bits per heavy atom. The highest BCUT2D eigenvalue weighted by molar-refractivity contribution is 5.38. The van der Waals surface area contributed by atoms with Gasteiger partial charge in [-0.15, -0.1) is 0 Å². The monoisotopic (exact) mass is 556 g/mol. The molecule has 0 aromatic carbocycles. The van der Waals surface area contributed by atoms with Crippen LogP contribution in [0.3, 0.4) is 0 Å². The normalized spacial score (nSPS) is 23.7. The first-order chi connectivity index (χ1) is 19.2. The van der Waals surface area contributed by atoms with Crippen LogP contribution in [0.4, 0.5) is 0 Å². The molecule has 41 heavy (non-hydrogen) atoms. The van der Waals surface area contributed by atoms with Crippen LogP contribution >= 0.6 is 0 Å². The molecule has 1 heteroatoms. The molecule has 0 aromatic rings. The zero-order valence-corrected chi connectivity index (χ0v) is 28.1. The molecule has 0 spiro atoms. The lowest BCUT2D eigenvalue weighted by Crippen LogP contribution is -2.28. The summed E-state index contributed by atoms with van der Waals surface area (Å²) < 4.78 is 0. The van der Waals surface area contributed by atoms with Gasteiger partial charge in [-0.2, -0.15) is 0 Å². The number of aliphatic hydroxyl groups excluding tert-OH is 1. The van der Waals surface area contributed by atoms with Crippen molar-refractivity contribution in [2.45, 2.75) is 127 Å². The zero-order chi connectivity index (χ0) is 30.6. The van der Waals surface area contributed by atoms with E-state index in [0.717, 1.165) is 19.3 Å². The van der Waals surface area contributed by atoms with Crippen LogP contribution in [-0.4, -0.2) is 11.2 Å². The van der Waals surface area contributed by atoms with Gasteiger partial charge in [-0.3, -0.25) is 0 Å². The van der Waals surface area contributed by atoms with Gasteiger partial charge in [-0.25, -0.2) is 0 Å². The number of allylic oxidation sites excluding steroid dienone is 17. The third-order valence-corrected chi connectivity index (χ3v) is 9.03. The predicted octanol–water partition coefficient (Wildman–Crippen LogP) is 11.9. The van der Waals surface area contributed by atoms with Crippen LogP contribution in [0.25, 0.3) is 0 Å². The molecule has 0 radical (unpaired) electrons. The molecular weight excluding hydrogens is 496 g/mol. The maximum atomic E-state index is 10.1. The highest BCUT2D eigenvalue weighted by Crippen LogP contribution is 2.43. The summed E-state index contributed by atoms with van der Waals surface area (Å²) in [6, 6.07) is 0. The third kappa shape index (κ3) is 12.2. The Kier molecular flexibility index (Phi) is 13.8. The Morgan fingerprint density at radius 2 is 1.46 bits per heavy atom. The number of aliphatic hydroxyl groups is 1. The van der Waals surface area contributed by atoms with Gasteiger partial charge in [0, 0.05) is 0 Å². The number of rotatable bonds is 12. The molecule has 0 heterocycles. The maximum Gasteiger partial charge on any atom is 0.0585 e. The van der Waals surface area contributed by atoms with Crippen LogP contribution in [0.2, 0.25) is 0 Å². The smallest absolute Gasteiger partial charge is 0.0585 e. The van der Waals surface area contributed by atoms with Crippen LogP contribution in [0, 0.1) is 16.7 Å². The second-order valence-electron chi connectivity index (χ2n) is 14.2. The van der Waals surface area contributed by atoms with E-state index in [1.54, 1.807) is 11.1 Å². The zero-order valence-electron chi connectivity index (χ0n) is 28.1. The molecule has 0 saturated carbocycles. The first-order valence-corrected chi connectivity index (χ1v) is 16.0. The third-order valence-electron chi connectivity index (χ3n) is 9.03. The van der Waals surface area contributed by atoms with Gasteiger partial charge in [0.2, 0.25) is 0 Å². The summed E-state index contributed by atoms with van der Waals surface area (Å²) in [6.07, 6.45) is 33.1. The molecule has 0 fully saturated rings. The molecule has 2 atom stereocenters. The van der Waals surface area contributed by atoms with E-state index in [-0.39, 0.29) is 11.5 Å². The quantitative estimate of drug-likeness (QED) is 0.187. The average Bonchev–Trinajstić information content (AvgIpc) is 2.84. The second-order valence-corrected chi connectivity index (χ2v) is 14.2. The van der Waals surface area contributed by atoms with Crippen molar-refractivity contribution < 1.29 is 5.11 Å². The number of hydrogen-bond donors (Lipinski definition) is 1. The van der Waals surface area contributed by atoms with E-state index in [0.29, 0.717) is 11.3 Å². The summed E-state index contributed by atoms with van der Waals surface area (Å²) in [5.41, 5.74) is 10.2. The highest BCUT2D eigenvalue weighted by Gasteiger charge is 2.31. The standard InChI is InChI=1S/C40H60O/c1-30(18-13-20-32(3)23-25-37-34(5)22-15-27-39(37,7)8)16-11-12-17-31(2)19-14-21-33(4)24-26-38-35(6)28-36(41)29-40(38,9)10/h11-14,16-19,21,24,26,32,36,41H,15,20,22-23,25,27-29H2,1-10H3/b12-11+,18-13+,19-14+,26-24+,30-16+,31-17+,33-21+/t32-,36+/m0/s1. The molecule has 0 saturated heterocycles. The van der Waals surface area contributed by atoms with Crippen molar-refractivity contribution >= 4 is 0 Å². The van der Waals surface area contributed by atoms with Gasteiger partial charge in [-0.1, -0.05) is 135 Å². The molecule has 2 rings (SSSR count). The van der Waals surface area contributed by atoms with Crippen LogP contribution < -0.4 is 0 Å². The SMILES string of the molecule is CC1=C(/C=C/C(C)=C/C=C/C(C)=C/C=C/C=C(C)/C=C/C[C@H](C)CCC2=C(C)CCCC2(C)C)C(C)(C)C[C@H](O)C1. The van der Waals surface area contributed by atoms with E-state index in [2.05, 4.69) is 136 Å². The molecule has 0 amide bonds. The molecule has 1 N–H and O–H groups in total. The summed E-state index contributed by atoms with van der Waals surface area (Å²) in [4.78, 5) is 0. The van der Waals surface area contributed by atoms with E-state index >= 15 is 0 Å². The maximum absolute atomic E-state index is 10.1. The lowest BCUT2D eigenvalue weighted by atomic mass is 9.70. The summed E-state index contributed by atoms with van der Waals surface area (Å²) in [5, 5.41) is 10.1. The van der Waals surface area contributed by atoms with Gasteiger partial charge in [0.25, 0.3) is 0 Å². The minimum atomic E-state index is -0.216. The van der Waals surface area contributed by atoms with Gasteiger partial charge in [-0.05, 0) is 108 Å². The van der Waals surface area contributed by atoms with Crippen LogP contribution in [-0.2, 0) is 0 Å². The summed E-state index contributed by atoms with van der Waals surface area (Å²) in [7, 11) is 0. The minimum absolute atomic E-state index is 0.0182. The minimum Gasteiger partial charge on any atom is -0.393 e. The number of hydrogen-bond acceptors (Lipinski definition) is 1. The summed E-state index contributed by atoms with van der Waals surface area (Å²) >= 11 is 0. The van der Waals surface area contributed by atoms with E-state index in [9.17, 15) is 5.11 Å². The Labute approximate surface area is 254 Å². The molecule has 2 aliphatic carbocycles. The van der Waals surface area contributed by atoms with E-state index in [4.69, 9.17) is 0 Å². The van der Waals surface area contributed by atoms with Gasteiger partial charge in [0.1, 0.15) is 0 Å². The lowest BCUT2D eigenvalue weighted by Gasteiger charge is -2.35. The van der Waals surface area contributed by atoms with E-state index in [1.165, 1.54) is 60.0 Å². The molecular formula is C40H60O. The predicted molar refractivity (Wildman–Crippen MR) is 183 cm³/mol. The van der Waals surface area contributed by atoms with Crippen molar-refractivity contribution in [3.63, 3.8) is 0 Å². The Bertz CT molecular complexity index is 1150. The van der Waals surface area contributed by atoms with Crippen LogP contribution in [0.1, 0.15) is 121 Å². The Hall–Kier alpha value is -2.38. The largest absolute Gasteiger partial charge is 0.393 e. The lowest BCUT2D eigenvalue weighted by molar-refractivity contribution is 0.116. The van der Waals surface area contributed by atoms with Crippen molar-refractivity contribution in [1.82, 2.24) is 0 Å². The van der Waals surface area contributed by atoms with Gasteiger partial charge >= 0.3 is 0 Å². The Balaban J connectivity index is 1.80. The first kappa shape index (κ1) is 34.8. The fourth-order valence-corrected chi connectivity index (χ4v) is 6.55. The highest BCUT2D eigenvalue weighted by atomic mass is 16.3. The van der Waals surface area contributed by atoms with Crippen molar-refractivity contribution in [2.75, 3.05) is 0 Å². The molecule has 0 unspecified atom stereocenters. The van der Waals surface area contributed by atoms with Gasteiger partial charge in [0.05, 0.1) is 6.10 Å². The van der Waals surface area contributed by atoms with Crippen molar-refractivity contribution in [2.24, 2.45) is 16.7 Å². The van der Waals surface area contributed by atoms with Gasteiger partial charge < -0.3 is 5.11 Å². The first-order valence-electron chi connectivity index (χ1n) is 16.0. The summed E-state index contributed by atoms with van der Waals surface area (Å²) in [6.45, 7) is 22.7. The van der Waals surface area contributed by atoms with E-state index < -0.39 is 0 Å². The molecule has 1 nitrogen and oxygen atoms in total. The molecule has 0 bridgehead atoms. The fraction of sp³-hybridized carbons (Fsp3) is 0.550. The van der Waals surface area contributed by atoms with Crippen molar-refractivity contribution in [3.8, 4) is 0 Å². The van der Waals surface area contributed by atoms with Gasteiger partial charge in [0.15, 0.2) is 0 Å². The topological polar surface area (TPSA) is 20.2 Å². The second kappa shape index (κ2) is 16.3. The molecule has 2 aliphatic rings. The average molecular weight is 557 g/mol. The van der Waals surface area contributed by atoms with Crippen molar-refractivity contribution in [1.29, 1.82) is 0 Å². The molecule has 0 aliphatic heterocycles. The fourth-order valence-electron chi connectivity index (χ4n) is 6.55. The molecule has 226 valence electrons. The Morgan fingerprint density at radius 3 is 2.10 bits per heavy atom. The van der Waals surface area contributed by atoms with E-state index in [1.807, 2.05) is 0 Å². The van der Waals surface area contributed by atoms with Crippen molar-refractivity contribution in [3.05, 3.63) is 106 Å². The van der Waals surface area contributed by atoms with Crippen LogP contribution in [0.15, 0.2) is 106 Å².